The molecule has 0 saturated carbocycles. The number of hydrogen-bond acceptors (Lipinski definition) is 3. The van der Waals surface area contributed by atoms with Crippen molar-refractivity contribution in [3.8, 4) is 11.1 Å². The average molecular weight is 664 g/mol. The maximum atomic E-state index is 6.60. The van der Waals surface area contributed by atoms with Gasteiger partial charge in [-0.25, -0.2) is 0 Å². The first kappa shape index (κ1) is 46.4. The van der Waals surface area contributed by atoms with Gasteiger partial charge in [-0.3, -0.25) is 0 Å². The molecule has 3 nitrogen and oxygen atoms in total. The zero-order valence-corrected chi connectivity index (χ0v) is 34.7. The molecule has 0 saturated heterocycles. The number of aliphatic imine (C=N–C) groups is 1. The maximum Gasteiger partial charge on any atom is 1.00 e. The number of halogens is 1. The Labute approximate surface area is 331 Å². The molecule has 2 aromatic carbocycles. The first-order valence-corrected chi connectivity index (χ1v) is 16.7. The number of anilines is 1. The standard InChI is InChI=1S/C22H21BClN2.C13H21N.C3H8.C2H6.K/c1-5-17(14-25-6-2)12-21(16(4)23)20-8-7-18(13-22(20)24)19-9-10-26-15(3)11-19;1-4-10-14(11-5-2)13-8-6-12(3)7-9-13;1-3-2;1-2;/h5,7-14H,1-4H3;6-9H,4-5,10-11H2,1-3H3;3H2,1-2H3;1-2H3;/q-2;;;;+1/b17-14+,21-12+;;;;. The summed E-state index contributed by atoms with van der Waals surface area (Å²) in [4.78, 5) is 10.8. The minimum Gasteiger partial charge on any atom is 1.00 e. The van der Waals surface area contributed by atoms with Crippen LogP contribution in [0.1, 0.15) is 98.4 Å². The molecule has 0 fully saturated rings. The third-order valence-electron chi connectivity index (χ3n) is 6.29. The molecule has 1 radical (unpaired) electrons. The summed E-state index contributed by atoms with van der Waals surface area (Å²) in [5, 5.41) is 0.647. The van der Waals surface area contributed by atoms with Gasteiger partial charge in [0.2, 0.25) is 0 Å². The van der Waals surface area contributed by atoms with Crippen molar-refractivity contribution in [3.05, 3.63) is 107 Å². The van der Waals surface area contributed by atoms with Gasteiger partial charge < -0.3 is 4.90 Å². The number of allylic oxidation sites excluding steroid dienone is 3. The summed E-state index contributed by atoms with van der Waals surface area (Å²) < 4.78 is 0. The number of pyridine rings is 1. The van der Waals surface area contributed by atoms with Crippen molar-refractivity contribution in [1.29, 1.82) is 0 Å². The van der Waals surface area contributed by atoms with Crippen molar-refractivity contribution >= 4 is 42.0 Å². The molecule has 243 valence electrons. The maximum absolute atomic E-state index is 6.60. The quantitative estimate of drug-likeness (QED) is 0.0890. The van der Waals surface area contributed by atoms with Gasteiger partial charge >= 0.3 is 214 Å². The predicted molar refractivity (Wildman–Crippen MR) is 206 cm³/mol. The van der Waals surface area contributed by atoms with E-state index in [2.05, 4.69) is 80.0 Å². The van der Waals surface area contributed by atoms with E-state index in [1.165, 1.54) is 30.5 Å². The minimum absolute atomic E-state index is 0. The summed E-state index contributed by atoms with van der Waals surface area (Å²) in [6.45, 7) is 24.7. The van der Waals surface area contributed by atoms with Crippen LogP contribution in [0.2, 0.25) is 5.02 Å². The van der Waals surface area contributed by atoms with E-state index >= 15 is 0 Å². The first-order valence-electron chi connectivity index (χ1n) is 16.4. The van der Waals surface area contributed by atoms with Gasteiger partial charge in [0.25, 0.3) is 0 Å². The van der Waals surface area contributed by atoms with Crippen LogP contribution in [0.15, 0.2) is 83.6 Å². The van der Waals surface area contributed by atoms with Gasteiger partial charge in [0.05, 0.1) is 0 Å². The summed E-state index contributed by atoms with van der Waals surface area (Å²) in [6.07, 6.45) is 13.9. The molecule has 3 rings (SSSR count). The Bertz CT molecular complexity index is 1340. The summed E-state index contributed by atoms with van der Waals surface area (Å²) in [6, 6.07) is 18.8. The van der Waals surface area contributed by atoms with E-state index in [-0.39, 0.29) is 51.4 Å². The van der Waals surface area contributed by atoms with Crippen LogP contribution in [0, 0.1) is 20.3 Å². The van der Waals surface area contributed by atoms with Gasteiger partial charge in [0.1, 0.15) is 0 Å². The number of hydrogen-bond donors (Lipinski definition) is 0. The molecule has 0 unspecified atom stereocenters. The van der Waals surface area contributed by atoms with Crippen molar-refractivity contribution in [3.63, 3.8) is 0 Å². The van der Waals surface area contributed by atoms with Gasteiger partial charge in [0.15, 0.2) is 0 Å². The summed E-state index contributed by atoms with van der Waals surface area (Å²) in [5.41, 5.74) is 9.18. The number of aryl methyl sites for hydroxylation is 2. The summed E-state index contributed by atoms with van der Waals surface area (Å²) >= 11 is 6.60. The van der Waals surface area contributed by atoms with Crippen molar-refractivity contribution in [2.75, 3.05) is 18.0 Å². The fraction of sp³-hybridized carbons (Fsp3) is 0.400. The topological polar surface area (TPSA) is 28.5 Å². The number of nitrogens with zero attached hydrogens (tertiary/aromatic N) is 3. The Morgan fingerprint density at radius 2 is 1.52 bits per heavy atom. The Morgan fingerprint density at radius 3 is 1.98 bits per heavy atom. The molecule has 6 heteroatoms. The van der Waals surface area contributed by atoms with Crippen molar-refractivity contribution in [2.24, 2.45) is 4.99 Å². The fourth-order valence-electron chi connectivity index (χ4n) is 4.21. The van der Waals surface area contributed by atoms with Crippen LogP contribution in [0.3, 0.4) is 0 Å². The predicted octanol–water partition coefficient (Wildman–Crippen LogP) is 8.60. The Morgan fingerprint density at radius 1 is 0.957 bits per heavy atom. The molecule has 46 heavy (non-hydrogen) atoms. The molecule has 1 heterocycles. The molecule has 3 aromatic rings. The minimum atomic E-state index is 0. The third-order valence-corrected chi connectivity index (χ3v) is 6.60. The van der Waals surface area contributed by atoms with Gasteiger partial charge in [-0.2, -0.15) is 0 Å². The van der Waals surface area contributed by atoms with Gasteiger partial charge in [-0.15, -0.1) is 0 Å². The second kappa shape index (κ2) is 28.3. The summed E-state index contributed by atoms with van der Waals surface area (Å²) in [5.74, 6) is 0. The molecule has 0 aliphatic carbocycles. The van der Waals surface area contributed by atoms with Crippen molar-refractivity contribution in [2.45, 2.75) is 95.4 Å². The summed E-state index contributed by atoms with van der Waals surface area (Å²) in [7, 11) is 6.13. The van der Waals surface area contributed by atoms with E-state index in [0.717, 1.165) is 46.6 Å². The molecular formula is C40H56BClKN3-. The second-order valence-electron chi connectivity index (χ2n) is 10.4. The second-order valence-corrected chi connectivity index (χ2v) is 10.8. The Kier molecular flexibility index (Phi) is 28.5. The molecule has 0 aliphatic rings. The molecule has 0 aliphatic heterocycles. The smallest absolute Gasteiger partial charge is 1.00 e. The zero-order chi connectivity index (χ0) is 34.2. The fourth-order valence-corrected chi connectivity index (χ4v) is 4.49. The van der Waals surface area contributed by atoms with Crippen LogP contribution in [-0.4, -0.2) is 37.2 Å². The zero-order valence-electron chi connectivity index (χ0n) is 30.8. The van der Waals surface area contributed by atoms with Gasteiger partial charge in [-0.05, 0) is 31.9 Å². The molecule has 0 spiro atoms. The molecule has 0 N–H and O–H groups in total. The van der Waals surface area contributed by atoms with Crippen LogP contribution in [-0.2, 0) is 0 Å². The number of rotatable bonds is 11. The Balaban J connectivity index is 0. The Hall–Kier alpha value is -1.73. The molecular weight excluding hydrogens is 608 g/mol. The van der Waals surface area contributed by atoms with Crippen LogP contribution in [0.5, 0.6) is 0 Å². The molecule has 1 aromatic heterocycles. The third kappa shape index (κ3) is 18.0. The van der Waals surface area contributed by atoms with E-state index in [0.29, 0.717) is 10.5 Å². The number of benzene rings is 2. The monoisotopic (exact) mass is 663 g/mol. The van der Waals surface area contributed by atoms with E-state index in [9.17, 15) is 0 Å². The van der Waals surface area contributed by atoms with Crippen LogP contribution < -0.4 is 56.3 Å². The molecule has 0 amide bonds. The van der Waals surface area contributed by atoms with E-state index in [1.807, 2.05) is 77.4 Å². The molecule has 0 atom stereocenters. The van der Waals surface area contributed by atoms with Crippen molar-refractivity contribution in [1.82, 2.24) is 4.98 Å². The van der Waals surface area contributed by atoms with Crippen LogP contribution >= 0.6 is 11.6 Å². The van der Waals surface area contributed by atoms with Gasteiger partial charge in [-0.1, -0.05) is 65.7 Å². The van der Waals surface area contributed by atoms with Gasteiger partial charge in [0, 0.05) is 18.8 Å². The SMILES string of the molecule is CC.CCC.CCCN(CCC)c1ccc(C)cc1.[B]=C(C)/C(=C\C(=C\N=[C-]C)[CH-]C)c1ccc(-c2ccnc(C)c2)cc1Cl.[K+]. The van der Waals surface area contributed by atoms with Crippen LogP contribution in [0.25, 0.3) is 16.7 Å². The normalized spacial score (nSPS) is 10.7. The molecule has 0 bridgehead atoms. The van der Waals surface area contributed by atoms with E-state index in [1.54, 1.807) is 19.3 Å². The average Bonchev–Trinajstić information content (AvgIpc) is 3.03. The van der Waals surface area contributed by atoms with E-state index in [4.69, 9.17) is 19.1 Å². The van der Waals surface area contributed by atoms with Crippen LogP contribution in [0.4, 0.5) is 5.69 Å². The van der Waals surface area contributed by atoms with E-state index < -0.39 is 0 Å². The van der Waals surface area contributed by atoms with Crippen molar-refractivity contribution < 1.29 is 51.4 Å². The number of aromatic nitrogens is 1. The first-order chi connectivity index (χ1) is 21.6. The largest absolute Gasteiger partial charge is 1.00 e.